The van der Waals surface area contributed by atoms with Gasteiger partial charge in [0.25, 0.3) is 0 Å². The summed E-state index contributed by atoms with van der Waals surface area (Å²) in [6.07, 6.45) is 0. The van der Waals surface area contributed by atoms with Gasteiger partial charge >= 0.3 is 0 Å². The summed E-state index contributed by atoms with van der Waals surface area (Å²) >= 11 is 0. The zero-order valence-corrected chi connectivity index (χ0v) is 32.4. The van der Waals surface area contributed by atoms with Crippen LogP contribution in [0.5, 0.6) is 0 Å². The third-order valence-electron chi connectivity index (χ3n) is 12.3. The molecule has 0 amide bonds. The van der Waals surface area contributed by atoms with Crippen LogP contribution < -0.4 is 4.90 Å². The lowest BCUT2D eigenvalue weighted by atomic mass is 9.77. The molecule has 1 nitrogen and oxygen atoms in total. The average molecular weight is 706 g/mol. The Kier molecular flexibility index (Phi) is 6.56. The second kappa shape index (κ2) is 11.2. The van der Waals surface area contributed by atoms with Crippen molar-refractivity contribution in [3.05, 3.63) is 163 Å². The summed E-state index contributed by atoms with van der Waals surface area (Å²) in [7, 11) is 0. The molecule has 1 heteroatoms. The van der Waals surface area contributed by atoms with E-state index < -0.39 is 0 Å². The number of fused-ring (bicyclic) bond motifs is 12. The van der Waals surface area contributed by atoms with Crippen LogP contribution in [0.1, 0.15) is 52.7 Å². The molecule has 0 saturated carbocycles. The van der Waals surface area contributed by atoms with E-state index in [9.17, 15) is 0 Å². The maximum absolute atomic E-state index is 2.41. The first kappa shape index (κ1) is 32.3. The van der Waals surface area contributed by atoms with Gasteiger partial charge in [-0.25, -0.2) is 0 Å². The summed E-state index contributed by atoms with van der Waals surface area (Å²) < 4.78 is 0. The number of hydrogen-bond acceptors (Lipinski definition) is 1. The second-order valence-electron chi connectivity index (χ2n) is 17.9. The van der Waals surface area contributed by atoms with Gasteiger partial charge < -0.3 is 4.90 Å². The van der Waals surface area contributed by atoms with Crippen LogP contribution in [-0.4, -0.2) is 0 Å². The van der Waals surface area contributed by atoms with E-state index in [2.05, 4.69) is 198 Å². The van der Waals surface area contributed by atoms with Crippen molar-refractivity contribution in [3.8, 4) is 44.5 Å². The largest absolute Gasteiger partial charge is 0.310 e. The minimum absolute atomic E-state index is 0.121. The van der Waals surface area contributed by atoms with Crippen molar-refractivity contribution in [1.82, 2.24) is 0 Å². The minimum Gasteiger partial charge on any atom is -0.310 e. The molecule has 9 aromatic carbocycles. The van der Waals surface area contributed by atoms with Gasteiger partial charge in [0.1, 0.15) is 0 Å². The molecule has 11 rings (SSSR count). The number of hydrogen-bond donors (Lipinski definition) is 0. The number of para-hydroxylation sites is 1. The van der Waals surface area contributed by atoms with E-state index in [0.717, 1.165) is 17.1 Å². The molecule has 0 radical (unpaired) electrons. The molecule has 0 spiro atoms. The lowest BCUT2D eigenvalue weighted by Gasteiger charge is -2.29. The topological polar surface area (TPSA) is 3.24 Å². The van der Waals surface area contributed by atoms with Gasteiger partial charge in [0.15, 0.2) is 0 Å². The van der Waals surface area contributed by atoms with E-state index in [1.165, 1.54) is 98.7 Å². The van der Waals surface area contributed by atoms with Gasteiger partial charge in [0, 0.05) is 17.1 Å². The van der Waals surface area contributed by atoms with Crippen LogP contribution in [0.4, 0.5) is 17.1 Å². The van der Waals surface area contributed by atoms with Crippen molar-refractivity contribution in [2.24, 2.45) is 0 Å². The molecule has 0 aliphatic heterocycles. The second-order valence-corrected chi connectivity index (χ2v) is 17.9. The summed E-state index contributed by atoms with van der Waals surface area (Å²) in [6.45, 7) is 13.7. The Hall–Kier alpha value is -6.18. The van der Waals surface area contributed by atoms with Crippen molar-refractivity contribution < 1.29 is 0 Å². The molecule has 0 N–H and O–H groups in total. The molecule has 0 heterocycles. The third-order valence-corrected chi connectivity index (χ3v) is 12.3. The molecule has 2 aliphatic rings. The van der Waals surface area contributed by atoms with E-state index >= 15 is 0 Å². The van der Waals surface area contributed by atoms with Crippen LogP contribution in [0.3, 0.4) is 0 Å². The summed E-state index contributed by atoms with van der Waals surface area (Å²) in [5, 5.41) is 10.3. The highest BCUT2D eigenvalue weighted by atomic mass is 15.1. The Bertz CT molecular complexity index is 2900. The summed E-state index contributed by atoms with van der Waals surface area (Å²) in [6, 6.07) is 57.8. The molecular formula is C54H43N. The van der Waals surface area contributed by atoms with Gasteiger partial charge in [-0.05, 0) is 194 Å². The maximum atomic E-state index is 2.41. The van der Waals surface area contributed by atoms with E-state index in [-0.39, 0.29) is 10.8 Å². The van der Waals surface area contributed by atoms with Crippen LogP contribution in [0.25, 0.3) is 87.6 Å². The van der Waals surface area contributed by atoms with Gasteiger partial charge in [-0.2, -0.15) is 0 Å². The Morgan fingerprint density at radius 2 is 0.582 bits per heavy atom. The molecule has 0 saturated heterocycles. The smallest absolute Gasteiger partial charge is 0.0468 e. The number of anilines is 3. The highest BCUT2D eigenvalue weighted by molar-refractivity contribution is 6.14. The lowest BCUT2D eigenvalue weighted by molar-refractivity contribution is 0.591. The highest BCUT2D eigenvalue weighted by Gasteiger charge is 2.27. The maximum Gasteiger partial charge on any atom is 0.0468 e. The van der Waals surface area contributed by atoms with E-state index in [1.807, 2.05) is 0 Å². The molecule has 0 fully saturated rings. The van der Waals surface area contributed by atoms with Gasteiger partial charge in [0.2, 0.25) is 0 Å². The van der Waals surface area contributed by atoms with Crippen LogP contribution >= 0.6 is 0 Å². The van der Waals surface area contributed by atoms with Crippen LogP contribution in [0.15, 0.2) is 152 Å². The Balaban J connectivity index is 0.993. The van der Waals surface area contributed by atoms with E-state index in [1.54, 1.807) is 0 Å². The van der Waals surface area contributed by atoms with Crippen molar-refractivity contribution in [2.45, 2.75) is 52.4 Å². The van der Waals surface area contributed by atoms with Gasteiger partial charge in [-0.15, -0.1) is 0 Å². The van der Waals surface area contributed by atoms with Crippen molar-refractivity contribution in [1.29, 1.82) is 0 Å². The average Bonchev–Trinajstić information content (AvgIpc) is 3.17. The quantitative estimate of drug-likeness (QED) is 0.177. The van der Waals surface area contributed by atoms with E-state index in [0.29, 0.717) is 0 Å². The number of benzene rings is 9. The molecule has 55 heavy (non-hydrogen) atoms. The fraction of sp³-hybridized carbons (Fsp3) is 0.148. The molecular weight excluding hydrogens is 663 g/mol. The summed E-state index contributed by atoms with van der Waals surface area (Å²) in [5.74, 6) is 0. The van der Waals surface area contributed by atoms with Gasteiger partial charge in [0.05, 0.1) is 0 Å². The van der Waals surface area contributed by atoms with Gasteiger partial charge in [-0.3, -0.25) is 0 Å². The fourth-order valence-electron chi connectivity index (χ4n) is 9.06. The van der Waals surface area contributed by atoms with Crippen LogP contribution in [0, 0.1) is 0 Å². The predicted octanol–water partition coefficient (Wildman–Crippen LogP) is 15.7. The molecule has 0 bridgehead atoms. The first-order valence-electron chi connectivity index (χ1n) is 19.7. The number of rotatable bonds is 3. The molecule has 2 aliphatic carbocycles. The lowest BCUT2D eigenvalue weighted by Crippen LogP contribution is -2.10. The van der Waals surface area contributed by atoms with Gasteiger partial charge in [-0.1, -0.05) is 108 Å². The first-order chi connectivity index (χ1) is 26.5. The first-order valence-corrected chi connectivity index (χ1v) is 19.7. The van der Waals surface area contributed by atoms with Crippen molar-refractivity contribution in [3.63, 3.8) is 0 Å². The van der Waals surface area contributed by atoms with Crippen LogP contribution in [-0.2, 0) is 10.8 Å². The SMILES string of the molecule is CC(C)(C)c1ccc2cc3c(cc2c1)-c1cc2cc(N(c4ccccc4)c4ccc5cc6c(cc5c4)-c4cc5cc(C(C)(C)C)ccc5cc4-6)ccc2cc1-3. The molecule has 0 atom stereocenters. The third kappa shape index (κ3) is 4.99. The molecule has 264 valence electrons. The molecule has 0 aromatic heterocycles. The summed E-state index contributed by atoms with van der Waals surface area (Å²) in [4.78, 5) is 2.41. The minimum atomic E-state index is 0.121. The monoisotopic (exact) mass is 705 g/mol. The Morgan fingerprint density at radius 1 is 0.273 bits per heavy atom. The van der Waals surface area contributed by atoms with Crippen molar-refractivity contribution in [2.75, 3.05) is 4.90 Å². The number of nitrogens with zero attached hydrogens (tertiary/aromatic N) is 1. The highest BCUT2D eigenvalue weighted by Crippen LogP contribution is 2.53. The van der Waals surface area contributed by atoms with E-state index in [4.69, 9.17) is 0 Å². The van der Waals surface area contributed by atoms with Crippen LogP contribution in [0.2, 0.25) is 0 Å². The molecule has 0 unspecified atom stereocenters. The fourth-order valence-corrected chi connectivity index (χ4v) is 9.06. The Labute approximate surface area is 323 Å². The zero-order chi connectivity index (χ0) is 37.4. The summed E-state index contributed by atoms with van der Waals surface area (Å²) in [5.41, 5.74) is 17.3. The molecule has 9 aromatic rings. The standard InChI is InChI=1S/C54H43N/c1-53(2,3)40-16-12-32-24-45-47-26-34-14-18-43(22-38(34)30-51(47)49(45)28-36(32)20-40)55(42-10-8-7-9-11-42)44-19-15-35-27-48-46-25-33-13-17-41(54(4,5)6)21-37(33)29-50(46)52(48)31-39(35)23-44/h7-31H,1-6H3. The Morgan fingerprint density at radius 3 is 0.927 bits per heavy atom. The normalized spacial score (nSPS) is 12.9. The zero-order valence-electron chi connectivity index (χ0n) is 32.4. The van der Waals surface area contributed by atoms with Crippen molar-refractivity contribution >= 4 is 60.2 Å². The predicted molar refractivity (Wildman–Crippen MR) is 237 cm³/mol.